The number of rotatable bonds is 3. The molecule has 0 spiro atoms. The zero-order chi connectivity index (χ0) is 14.9. The summed E-state index contributed by atoms with van der Waals surface area (Å²) in [5.74, 6) is -1.32. The van der Waals surface area contributed by atoms with Crippen molar-refractivity contribution in [3.63, 3.8) is 0 Å². The summed E-state index contributed by atoms with van der Waals surface area (Å²) in [5.41, 5.74) is 1.47. The molecule has 104 valence electrons. The number of aromatic nitrogens is 1. The van der Waals surface area contributed by atoms with Crippen molar-refractivity contribution in [1.29, 1.82) is 0 Å². The van der Waals surface area contributed by atoms with Crippen molar-refractivity contribution in [1.82, 2.24) is 4.98 Å². The van der Waals surface area contributed by atoms with Crippen LogP contribution in [0.1, 0.15) is 21.6 Å². The zero-order valence-corrected chi connectivity index (χ0v) is 12.0. The lowest BCUT2D eigenvalue weighted by Gasteiger charge is -2.08. The van der Waals surface area contributed by atoms with Crippen LogP contribution in [-0.2, 0) is 6.42 Å². The molecule has 1 heterocycles. The van der Waals surface area contributed by atoms with Crippen molar-refractivity contribution >= 4 is 40.1 Å². The van der Waals surface area contributed by atoms with Gasteiger partial charge in [0.1, 0.15) is 4.49 Å². The lowest BCUT2D eigenvalue weighted by atomic mass is 10.0. The molecule has 4 nitrogen and oxygen atoms in total. The molecule has 0 aliphatic heterocycles. The second-order valence-corrected chi connectivity index (χ2v) is 5.31. The van der Waals surface area contributed by atoms with Gasteiger partial charge in [0.05, 0.1) is 5.97 Å². The highest BCUT2D eigenvalue weighted by molar-refractivity contribution is 6.55. The number of aryl methyl sites for hydroxylation is 1. The molecule has 0 fully saturated rings. The minimum Gasteiger partial charge on any atom is -0.545 e. The van der Waals surface area contributed by atoms with Gasteiger partial charge in [0, 0.05) is 22.2 Å². The SMILES string of the molecule is Cc1[nH]c2ccc(C(=O)[O-])cc2c(=O)c1CC=C(Cl)Cl. The molecular formula is C14H10Cl2NO3-. The quantitative estimate of drug-likeness (QED) is 0.943. The number of hydrogen-bond donors (Lipinski definition) is 1. The molecular weight excluding hydrogens is 301 g/mol. The lowest BCUT2D eigenvalue weighted by molar-refractivity contribution is -0.255. The van der Waals surface area contributed by atoms with E-state index in [0.29, 0.717) is 22.2 Å². The first kappa shape index (κ1) is 14.6. The third kappa shape index (κ3) is 2.86. The number of carbonyl (C=O) groups is 1. The first-order valence-corrected chi connectivity index (χ1v) is 6.53. The number of carboxylic acids is 1. The van der Waals surface area contributed by atoms with Gasteiger partial charge in [0.25, 0.3) is 0 Å². The van der Waals surface area contributed by atoms with E-state index in [0.717, 1.165) is 0 Å². The molecule has 2 aromatic rings. The fourth-order valence-corrected chi connectivity index (χ4v) is 2.16. The van der Waals surface area contributed by atoms with Crippen LogP contribution in [0.4, 0.5) is 0 Å². The van der Waals surface area contributed by atoms with Crippen LogP contribution in [0, 0.1) is 6.92 Å². The van der Waals surface area contributed by atoms with E-state index in [2.05, 4.69) is 4.98 Å². The van der Waals surface area contributed by atoms with Crippen LogP contribution in [0.2, 0.25) is 0 Å². The van der Waals surface area contributed by atoms with E-state index >= 15 is 0 Å². The Kier molecular flexibility index (Phi) is 4.16. The van der Waals surface area contributed by atoms with Gasteiger partial charge in [-0.15, -0.1) is 0 Å². The van der Waals surface area contributed by atoms with Crippen molar-refractivity contribution in [2.75, 3.05) is 0 Å². The van der Waals surface area contributed by atoms with Crippen LogP contribution >= 0.6 is 23.2 Å². The Morgan fingerprint density at radius 1 is 1.40 bits per heavy atom. The van der Waals surface area contributed by atoms with Crippen LogP contribution < -0.4 is 10.5 Å². The van der Waals surface area contributed by atoms with Gasteiger partial charge in [-0.1, -0.05) is 29.3 Å². The Morgan fingerprint density at radius 3 is 2.70 bits per heavy atom. The number of nitrogens with one attached hydrogen (secondary N) is 1. The van der Waals surface area contributed by atoms with Crippen molar-refractivity contribution in [3.05, 3.63) is 55.8 Å². The molecule has 20 heavy (non-hydrogen) atoms. The summed E-state index contributed by atoms with van der Waals surface area (Å²) in [5, 5.41) is 11.2. The number of aromatic amines is 1. The third-order valence-electron chi connectivity index (χ3n) is 3.01. The van der Waals surface area contributed by atoms with Gasteiger partial charge in [0.15, 0.2) is 5.43 Å². The summed E-state index contributed by atoms with van der Waals surface area (Å²) < 4.78 is 0.0763. The molecule has 0 atom stereocenters. The van der Waals surface area contributed by atoms with E-state index in [4.69, 9.17) is 23.2 Å². The van der Waals surface area contributed by atoms with E-state index in [1.54, 1.807) is 13.0 Å². The van der Waals surface area contributed by atoms with Gasteiger partial charge < -0.3 is 14.9 Å². The second-order valence-electron chi connectivity index (χ2n) is 4.30. The monoisotopic (exact) mass is 310 g/mol. The Labute approximate surface area is 124 Å². The van der Waals surface area contributed by atoms with E-state index in [1.807, 2.05) is 0 Å². The maximum atomic E-state index is 12.4. The molecule has 6 heteroatoms. The van der Waals surface area contributed by atoms with Crippen molar-refractivity contribution in [3.8, 4) is 0 Å². The van der Waals surface area contributed by atoms with Gasteiger partial charge in [-0.05, 0) is 37.1 Å². The molecule has 0 saturated carbocycles. The first-order chi connectivity index (χ1) is 9.40. The summed E-state index contributed by atoms with van der Waals surface area (Å²) in [4.78, 5) is 26.3. The van der Waals surface area contributed by atoms with Gasteiger partial charge >= 0.3 is 0 Å². The molecule has 1 aromatic carbocycles. The Balaban J connectivity index is 2.68. The maximum Gasteiger partial charge on any atom is 0.193 e. The number of halogens is 2. The van der Waals surface area contributed by atoms with Crippen molar-refractivity contribution < 1.29 is 9.90 Å². The molecule has 0 unspecified atom stereocenters. The highest BCUT2D eigenvalue weighted by atomic mass is 35.5. The van der Waals surface area contributed by atoms with E-state index in [9.17, 15) is 14.7 Å². The topological polar surface area (TPSA) is 73.0 Å². The number of benzene rings is 1. The summed E-state index contributed by atoms with van der Waals surface area (Å²) in [6.07, 6.45) is 1.78. The number of H-pyrrole nitrogens is 1. The lowest BCUT2D eigenvalue weighted by Crippen LogP contribution is -2.22. The van der Waals surface area contributed by atoms with Crippen LogP contribution in [0.15, 0.2) is 33.6 Å². The van der Waals surface area contributed by atoms with E-state index < -0.39 is 5.97 Å². The number of pyridine rings is 1. The Bertz CT molecular complexity index is 774. The smallest absolute Gasteiger partial charge is 0.193 e. The number of fused-ring (bicyclic) bond motifs is 1. The molecule has 0 radical (unpaired) electrons. The largest absolute Gasteiger partial charge is 0.545 e. The van der Waals surface area contributed by atoms with Gasteiger partial charge in [0.2, 0.25) is 0 Å². The first-order valence-electron chi connectivity index (χ1n) is 5.78. The minimum absolute atomic E-state index is 0.0382. The maximum absolute atomic E-state index is 12.4. The van der Waals surface area contributed by atoms with Crippen molar-refractivity contribution in [2.24, 2.45) is 0 Å². The third-order valence-corrected chi connectivity index (χ3v) is 3.32. The molecule has 1 N–H and O–H groups in total. The highest BCUT2D eigenvalue weighted by Crippen LogP contribution is 2.15. The normalized spacial score (nSPS) is 10.6. The van der Waals surface area contributed by atoms with Crippen LogP contribution in [0.3, 0.4) is 0 Å². The molecule has 1 aromatic heterocycles. The van der Waals surface area contributed by atoms with Gasteiger partial charge in [-0.3, -0.25) is 4.79 Å². The average Bonchev–Trinajstić information content (AvgIpc) is 2.37. The summed E-state index contributed by atoms with van der Waals surface area (Å²) in [6, 6.07) is 4.24. The molecule has 0 bridgehead atoms. The standard InChI is InChI=1S/C14H11Cl2NO3/c1-7-9(3-5-12(15)16)13(18)10-6-8(14(19)20)2-4-11(10)17-7/h2,4-6H,3H2,1H3,(H,17,18)(H,19,20)/p-1. The van der Waals surface area contributed by atoms with E-state index in [-0.39, 0.29) is 21.9 Å². The summed E-state index contributed by atoms with van der Waals surface area (Å²) in [6.45, 7) is 1.76. The van der Waals surface area contributed by atoms with E-state index in [1.165, 1.54) is 18.2 Å². The average molecular weight is 311 g/mol. The number of allylic oxidation sites excluding steroid dienone is 1. The fourth-order valence-electron chi connectivity index (χ4n) is 2.00. The molecule has 0 amide bonds. The highest BCUT2D eigenvalue weighted by Gasteiger charge is 2.09. The molecule has 2 rings (SSSR count). The van der Waals surface area contributed by atoms with Gasteiger partial charge in [-0.2, -0.15) is 0 Å². The van der Waals surface area contributed by atoms with Crippen LogP contribution in [0.25, 0.3) is 10.9 Å². The predicted octanol–water partition coefficient (Wildman–Crippen LogP) is 2.06. The van der Waals surface area contributed by atoms with Crippen molar-refractivity contribution in [2.45, 2.75) is 13.3 Å². The number of hydrogen-bond acceptors (Lipinski definition) is 3. The number of carbonyl (C=O) groups excluding carboxylic acids is 1. The van der Waals surface area contributed by atoms with Crippen LogP contribution in [-0.4, -0.2) is 11.0 Å². The Hall–Kier alpha value is -1.78. The molecule has 0 aliphatic rings. The molecule has 0 aliphatic carbocycles. The molecule has 0 saturated heterocycles. The zero-order valence-electron chi connectivity index (χ0n) is 10.5. The fraction of sp³-hybridized carbons (Fsp3) is 0.143. The summed E-state index contributed by atoms with van der Waals surface area (Å²) >= 11 is 11.1. The number of carboxylic acid groups (broad SMARTS) is 1. The number of aromatic carboxylic acids is 1. The van der Waals surface area contributed by atoms with Gasteiger partial charge in [-0.25, -0.2) is 0 Å². The summed E-state index contributed by atoms with van der Waals surface area (Å²) in [7, 11) is 0. The van der Waals surface area contributed by atoms with Crippen LogP contribution in [0.5, 0.6) is 0 Å². The second kappa shape index (κ2) is 5.69. The minimum atomic E-state index is -1.32. The Morgan fingerprint density at radius 2 is 2.10 bits per heavy atom. The predicted molar refractivity (Wildman–Crippen MR) is 77.1 cm³/mol.